The number of hydrogen-bond donors (Lipinski definition) is 0. The molecular weight excluding hydrogens is 498 g/mol. The van der Waals surface area contributed by atoms with Crippen LogP contribution in [0.25, 0.3) is 5.57 Å². The molecule has 1 aliphatic rings. The molecule has 3 aromatic rings. The number of quaternary nitrogens is 1. The van der Waals surface area contributed by atoms with E-state index in [0.29, 0.717) is 12.2 Å². The van der Waals surface area contributed by atoms with Gasteiger partial charge in [-0.25, -0.2) is 4.48 Å². The lowest BCUT2D eigenvalue weighted by atomic mass is 9.85. The van der Waals surface area contributed by atoms with E-state index in [9.17, 15) is 9.90 Å². The Hall–Kier alpha value is -2.69. The van der Waals surface area contributed by atoms with Crippen LogP contribution in [0.5, 0.6) is 0 Å². The summed E-state index contributed by atoms with van der Waals surface area (Å²) in [5.74, 6) is -1.13. The molecule has 0 aromatic heterocycles. The van der Waals surface area contributed by atoms with Gasteiger partial charge in [-0.1, -0.05) is 79.2 Å². The van der Waals surface area contributed by atoms with Crippen molar-refractivity contribution in [2.45, 2.75) is 66.0 Å². The van der Waals surface area contributed by atoms with Crippen molar-refractivity contribution in [3.8, 4) is 0 Å². The maximum Gasteiger partial charge on any atom is 0.170 e. The molecule has 1 unspecified atom stereocenters. The first-order valence-corrected chi connectivity index (χ1v) is 12.9. The smallest absolute Gasteiger partial charge is 0.170 e. The van der Waals surface area contributed by atoms with E-state index in [1.165, 1.54) is 5.56 Å². The Morgan fingerprint density at radius 2 is 1.54 bits per heavy atom. The molecule has 1 heterocycles. The Morgan fingerprint density at radius 3 is 2.11 bits per heavy atom. The van der Waals surface area contributed by atoms with Crippen LogP contribution < -0.4 is 9.59 Å². The van der Waals surface area contributed by atoms with E-state index in [0.717, 1.165) is 38.0 Å². The Labute approximate surface area is 217 Å². The Morgan fingerprint density at radius 1 is 0.914 bits per heavy atom. The van der Waals surface area contributed by atoms with Crippen LogP contribution in [0.3, 0.4) is 0 Å². The third kappa shape index (κ3) is 4.28. The molecule has 3 aromatic carbocycles. The maximum absolute atomic E-state index is 13.1. The minimum Gasteiger partial charge on any atom is -0.540 e. The third-order valence-electron chi connectivity index (χ3n) is 7.30. The van der Waals surface area contributed by atoms with Crippen LogP contribution in [0.2, 0.25) is 0 Å². The summed E-state index contributed by atoms with van der Waals surface area (Å²) < 4.78 is 1.16. The van der Waals surface area contributed by atoms with Gasteiger partial charge in [-0.2, -0.15) is 0 Å². The van der Waals surface area contributed by atoms with Gasteiger partial charge in [-0.05, 0) is 68.0 Å². The minimum atomic E-state index is -1.13. The van der Waals surface area contributed by atoms with Gasteiger partial charge in [0.2, 0.25) is 0 Å². The molecule has 0 spiro atoms. The number of fused-ring (bicyclic) bond motifs is 1. The van der Waals surface area contributed by atoms with Crippen LogP contribution >= 0.6 is 15.9 Å². The molecule has 0 saturated heterocycles. The second-order valence-corrected chi connectivity index (χ2v) is 12.5. The highest BCUT2D eigenvalue weighted by atomic mass is 79.9. The van der Waals surface area contributed by atoms with Crippen molar-refractivity contribution < 1.29 is 9.90 Å². The van der Waals surface area contributed by atoms with E-state index in [2.05, 4.69) is 107 Å². The molecule has 35 heavy (non-hydrogen) atoms. The van der Waals surface area contributed by atoms with Crippen molar-refractivity contribution >= 4 is 33.2 Å². The van der Waals surface area contributed by atoms with Gasteiger partial charge < -0.3 is 9.90 Å². The number of carboxylic acids is 1. The molecule has 0 N–H and O–H groups in total. The van der Waals surface area contributed by atoms with E-state index in [1.54, 1.807) is 0 Å². The predicted molar refractivity (Wildman–Crippen MR) is 147 cm³/mol. The van der Waals surface area contributed by atoms with Crippen LogP contribution in [-0.2, 0) is 16.8 Å². The second-order valence-electron chi connectivity index (χ2n) is 11.6. The van der Waals surface area contributed by atoms with E-state index < -0.39 is 11.5 Å². The van der Waals surface area contributed by atoms with Crippen molar-refractivity contribution in [3.63, 3.8) is 0 Å². The average Bonchev–Trinajstić information content (AvgIpc) is 3.07. The van der Waals surface area contributed by atoms with E-state index in [1.807, 2.05) is 24.3 Å². The topological polar surface area (TPSA) is 40.1 Å². The van der Waals surface area contributed by atoms with Crippen LogP contribution in [-0.4, -0.2) is 11.5 Å². The summed E-state index contributed by atoms with van der Waals surface area (Å²) in [6, 6.07) is 22.7. The zero-order valence-corrected chi connectivity index (χ0v) is 23.3. The first-order chi connectivity index (χ1) is 16.3. The normalized spacial score (nSPS) is 18.1. The number of nitrogens with zero attached hydrogens (tertiary/aromatic N) is 1. The second kappa shape index (κ2) is 8.76. The van der Waals surface area contributed by atoms with Crippen molar-refractivity contribution in [3.05, 3.63) is 105 Å². The summed E-state index contributed by atoms with van der Waals surface area (Å²) in [6.07, 6.45) is 0. The summed E-state index contributed by atoms with van der Waals surface area (Å²) in [4.78, 5) is 13.1. The number of aliphatic carboxylic acids is 1. The van der Waals surface area contributed by atoms with Gasteiger partial charge in [-0.15, -0.1) is 0 Å². The Balaban J connectivity index is 2.06. The zero-order chi connectivity index (χ0) is 25.8. The highest BCUT2D eigenvalue weighted by Crippen LogP contribution is 2.53. The number of carboxylic acid groups (broad SMARTS) is 1. The molecule has 4 rings (SSSR count). The molecule has 4 heteroatoms. The highest BCUT2D eigenvalue weighted by molar-refractivity contribution is 9.10. The summed E-state index contributed by atoms with van der Waals surface area (Å²) in [5, 5.41) is 13.1. The SMILES string of the molecule is Cc1ccc(Br)cc1C[N+]1(C(C)(C)C)C(C(=O)[O-])=C(c2ccc(C(C)(C)C)cc2)c2ccccc21. The standard InChI is InChI=1S/C31H34BrNO2/c1-20-12-17-24(32)18-22(20)19-33(31(5,6)7)26-11-9-8-10-25(26)27(28(33)29(34)35)21-13-15-23(16-14-21)30(2,3)4/h8-18H,19H2,1-7H3. The summed E-state index contributed by atoms with van der Waals surface area (Å²) in [6.45, 7) is 15.5. The van der Waals surface area contributed by atoms with Crippen molar-refractivity contribution in [1.29, 1.82) is 0 Å². The van der Waals surface area contributed by atoms with E-state index in [-0.39, 0.29) is 9.90 Å². The molecule has 1 atom stereocenters. The molecule has 0 amide bonds. The molecule has 3 nitrogen and oxygen atoms in total. The molecule has 0 bridgehead atoms. The molecular formula is C31H34BrNO2. The minimum absolute atomic E-state index is 0.0150. The molecule has 0 saturated carbocycles. The number of hydrogen-bond acceptors (Lipinski definition) is 2. The lowest BCUT2D eigenvalue weighted by Gasteiger charge is -2.47. The molecule has 0 radical (unpaired) electrons. The van der Waals surface area contributed by atoms with Crippen molar-refractivity contribution in [2.75, 3.05) is 0 Å². The first-order valence-electron chi connectivity index (χ1n) is 12.1. The summed E-state index contributed by atoms with van der Waals surface area (Å²) >= 11 is 3.61. The molecule has 0 aliphatic carbocycles. The summed E-state index contributed by atoms with van der Waals surface area (Å²) in [7, 11) is 0. The van der Waals surface area contributed by atoms with Gasteiger partial charge in [-0.3, -0.25) is 0 Å². The first kappa shape index (κ1) is 25.4. The molecule has 0 fully saturated rings. The van der Waals surface area contributed by atoms with Crippen molar-refractivity contribution in [1.82, 2.24) is 4.48 Å². The summed E-state index contributed by atoms with van der Waals surface area (Å²) in [5.41, 5.74) is 6.94. The lowest BCUT2D eigenvalue weighted by Crippen LogP contribution is -2.62. The third-order valence-corrected chi connectivity index (χ3v) is 7.79. The van der Waals surface area contributed by atoms with Gasteiger partial charge in [0.1, 0.15) is 23.7 Å². The van der Waals surface area contributed by atoms with Crippen LogP contribution in [0.4, 0.5) is 5.69 Å². The van der Waals surface area contributed by atoms with Gasteiger partial charge in [0.15, 0.2) is 5.70 Å². The largest absolute Gasteiger partial charge is 0.540 e. The zero-order valence-electron chi connectivity index (χ0n) is 21.7. The van der Waals surface area contributed by atoms with Crippen molar-refractivity contribution in [2.24, 2.45) is 0 Å². The fourth-order valence-corrected chi connectivity index (χ4v) is 5.72. The number of para-hydroxylation sites is 1. The van der Waals surface area contributed by atoms with E-state index in [4.69, 9.17) is 0 Å². The van der Waals surface area contributed by atoms with Crippen LogP contribution in [0.15, 0.2) is 76.9 Å². The number of carbonyl (C=O) groups is 1. The predicted octanol–water partition coefficient (Wildman–Crippen LogP) is 6.88. The Kier molecular flexibility index (Phi) is 6.36. The molecule has 182 valence electrons. The maximum atomic E-state index is 13.1. The van der Waals surface area contributed by atoms with E-state index >= 15 is 0 Å². The van der Waals surface area contributed by atoms with Gasteiger partial charge in [0, 0.05) is 21.7 Å². The lowest BCUT2D eigenvalue weighted by molar-refractivity contribution is -0.301. The monoisotopic (exact) mass is 531 g/mol. The fourth-order valence-electron chi connectivity index (χ4n) is 5.31. The van der Waals surface area contributed by atoms with Gasteiger partial charge in [0.05, 0.1) is 5.57 Å². The quantitative estimate of drug-likeness (QED) is 0.344. The fraction of sp³-hybridized carbons (Fsp3) is 0.323. The molecule has 1 aliphatic heterocycles. The van der Waals surface area contributed by atoms with Gasteiger partial charge in [0.25, 0.3) is 0 Å². The van der Waals surface area contributed by atoms with Crippen LogP contribution in [0, 0.1) is 6.92 Å². The number of halogens is 1. The average molecular weight is 533 g/mol. The highest BCUT2D eigenvalue weighted by Gasteiger charge is 2.54. The number of carbonyl (C=O) groups excluding carboxylic acids is 1. The number of aryl methyl sites for hydroxylation is 1. The van der Waals surface area contributed by atoms with Gasteiger partial charge >= 0.3 is 0 Å². The number of benzene rings is 3. The number of rotatable bonds is 4. The Bertz CT molecular complexity index is 1320. The van der Waals surface area contributed by atoms with Crippen LogP contribution in [0.1, 0.15) is 69.4 Å².